The van der Waals surface area contributed by atoms with Gasteiger partial charge in [0, 0.05) is 43.0 Å². The molecule has 3 heterocycles. The van der Waals surface area contributed by atoms with E-state index in [1.165, 1.54) is 24.8 Å². The molecule has 0 atom stereocenters. The van der Waals surface area contributed by atoms with Gasteiger partial charge in [0.25, 0.3) is 0 Å². The fourth-order valence-corrected chi connectivity index (χ4v) is 3.27. The lowest BCUT2D eigenvalue weighted by Crippen LogP contribution is -2.31. The number of benzene rings is 1. The van der Waals surface area contributed by atoms with Gasteiger partial charge in [-0.1, -0.05) is 12.1 Å². The average Bonchev–Trinajstić information content (AvgIpc) is 3.04. The van der Waals surface area contributed by atoms with E-state index in [-0.39, 0.29) is 0 Å². The van der Waals surface area contributed by atoms with Crippen molar-refractivity contribution in [3.05, 3.63) is 35.5 Å². The van der Waals surface area contributed by atoms with Crippen LogP contribution < -0.4 is 16.0 Å². The molecule has 0 radical (unpaired) electrons. The molecule has 2 aliphatic rings. The topological polar surface area (TPSA) is 67.1 Å². The van der Waals surface area contributed by atoms with E-state index < -0.39 is 0 Å². The second-order valence-electron chi connectivity index (χ2n) is 6.07. The molecule has 1 aromatic carbocycles. The van der Waals surface area contributed by atoms with E-state index in [1.54, 1.807) is 0 Å². The van der Waals surface area contributed by atoms with Gasteiger partial charge in [0.1, 0.15) is 0 Å². The minimum Gasteiger partial charge on any atom is -0.399 e. The molecule has 2 aliphatic heterocycles. The van der Waals surface area contributed by atoms with Crippen LogP contribution in [0.1, 0.15) is 30.5 Å². The summed E-state index contributed by atoms with van der Waals surface area (Å²) in [5.41, 5.74) is 11.1. The van der Waals surface area contributed by atoms with Crippen LogP contribution in [0, 0.1) is 0 Å². The maximum atomic E-state index is 5.81. The van der Waals surface area contributed by atoms with E-state index in [4.69, 9.17) is 15.7 Å². The Bertz CT molecular complexity index is 674. The predicted octanol–water partition coefficient (Wildman–Crippen LogP) is 2.32. The van der Waals surface area contributed by atoms with E-state index in [1.807, 2.05) is 12.1 Å². The highest BCUT2D eigenvalue weighted by molar-refractivity contribution is 5.68. The van der Waals surface area contributed by atoms with Crippen molar-refractivity contribution in [3.63, 3.8) is 0 Å². The Morgan fingerprint density at radius 3 is 2.50 bits per heavy atom. The zero-order valence-electron chi connectivity index (χ0n) is 12.7. The van der Waals surface area contributed by atoms with Crippen molar-refractivity contribution in [1.29, 1.82) is 0 Å². The molecule has 0 aliphatic carbocycles. The number of hydrogen-bond donors (Lipinski definition) is 2. The van der Waals surface area contributed by atoms with Gasteiger partial charge in [0.2, 0.25) is 5.95 Å². The molecule has 1 aromatic heterocycles. The van der Waals surface area contributed by atoms with Crippen LogP contribution in [-0.4, -0.2) is 23.1 Å². The molecule has 22 heavy (non-hydrogen) atoms. The van der Waals surface area contributed by atoms with Gasteiger partial charge in [0.05, 0.1) is 11.4 Å². The first-order valence-electron chi connectivity index (χ1n) is 8.02. The highest BCUT2D eigenvalue weighted by Crippen LogP contribution is 2.30. The molecule has 0 saturated carbocycles. The molecule has 1 saturated heterocycles. The van der Waals surface area contributed by atoms with Gasteiger partial charge in [-0.25, -0.2) is 9.97 Å². The van der Waals surface area contributed by atoms with Gasteiger partial charge >= 0.3 is 0 Å². The standard InChI is InChI=1S/C17H21N5/c18-13-6-4-12(5-7-13)16-14-10-19-11-15(14)20-17(21-16)22-8-2-1-3-9-22/h4-7,19H,1-3,8-11,18H2. The van der Waals surface area contributed by atoms with Gasteiger partial charge in [-0.15, -0.1) is 0 Å². The van der Waals surface area contributed by atoms with Gasteiger partial charge in [-0.2, -0.15) is 0 Å². The van der Waals surface area contributed by atoms with E-state index in [9.17, 15) is 0 Å². The Labute approximate surface area is 130 Å². The summed E-state index contributed by atoms with van der Waals surface area (Å²) in [6.07, 6.45) is 3.78. The Kier molecular flexibility index (Phi) is 3.42. The third-order valence-electron chi connectivity index (χ3n) is 4.50. The van der Waals surface area contributed by atoms with Gasteiger partial charge in [-0.05, 0) is 31.4 Å². The zero-order valence-corrected chi connectivity index (χ0v) is 12.7. The van der Waals surface area contributed by atoms with E-state index in [0.717, 1.165) is 54.8 Å². The normalized spacial score (nSPS) is 17.5. The Morgan fingerprint density at radius 2 is 1.73 bits per heavy atom. The zero-order chi connectivity index (χ0) is 14.9. The van der Waals surface area contributed by atoms with Crippen LogP contribution in [0.25, 0.3) is 11.3 Å². The van der Waals surface area contributed by atoms with Crippen molar-refractivity contribution >= 4 is 11.6 Å². The van der Waals surface area contributed by atoms with Crippen molar-refractivity contribution in [2.45, 2.75) is 32.4 Å². The van der Waals surface area contributed by atoms with Crippen LogP contribution >= 0.6 is 0 Å². The van der Waals surface area contributed by atoms with Gasteiger partial charge in [0.15, 0.2) is 0 Å². The van der Waals surface area contributed by atoms with E-state index in [2.05, 4.69) is 22.3 Å². The number of nitrogens with zero attached hydrogens (tertiary/aromatic N) is 3. The molecule has 4 rings (SSSR count). The van der Waals surface area contributed by atoms with Crippen LogP contribution in [0.2, 0.25) is 0 Å². The number of hydrogen-bond acceptors (Lipinski definition) is 5. The third-order valence-corrected chi connectivity index (χ3v) is 4.50. The highest BCUT2D eigenvalue weighted by atomic mass is 15.3. The molecule has 3 N–H and O–H groups in total. The molecule has 114 valence electrons. The molecule has 0 bridgehead atoms. The molecule has 5 nitrogen and oxygen atoms in total. The Balaban J connectivity index is 1.79. The number of rotatable bonds is 2. The molecule has 1 fully saturated rings. The van der Waals surface area contributed by atoms with Crippen LogP contribution in [0.15, 0.2) is 24.3 Å². The maximum Gasteiger partial charge on any atom is 0.226 e. The molecule has 0 unspecified atom stereocenters. The van der Waals surface area contributed by atoms with Crippen LogP contribution in [0.5, 0.6) is 0 Å². The van der Waals surface area contributed by atoms with E-state index >= 15 is 0 Å². The van der Waals surface area contributed by atoms with Crippen molar-refractivity contribution < 1.29 is 0 Å². The number of nitrogens with two attached hydrogens (primary N) is 1. The first-order valence-corrected chi connectivity index (χ1v) is 8.02. The fraction of sp³-hybridized carbons (Fsp3) is 0.412. The number of nitrogens with one attached hydrogen (secondary N) is 1. The molecular weight excluding hydrogens is 274 g/mol. The summed E-state index contributed by atoms with van der Waals surface area (Å²) in [5.74, 6) is 0.883. The lowest BCUT2D eigenvalue weighted by Gasteiger charge is -2.27. The molecule has 0 spiro atoms. The van der Waals surface area contributed by atoms with Crippen molar-refractivity contribution in [2.24, 2.45) is 0 Å². The second-order valence-corrected chi connectivity index (χ2v) is 6.07. The predicted molar refractivity (Wildman–Crippen MR) is 88.5 cm³/mol. The smallest absolute Gasteiger partial charge is 0.226 e. The van der Waals surface area contributed by atoms with Crippen LogP contribution in [0.3, 0.4) is 0 Å². The SMILES string of the molecule is Nc1ccc(-c2nc(N3CCCCC3)nc3c2CNC3)cc1. The highest BCUT2D eigenvalue weighted by Gasteiger charge is 2.22. The summed E-state index contributed by atoms with van der Waals surface area (Å²) >= 11 is 0. The summed E-state index contributed by atoms with van der Waals surface area (Å²) in [5, 5.41) is 3.39. The fourth-order valence-electron chi connectivity index (χ4n) is 3.27. The number of fused-ring (bicyclic) bond motifs is 1. The van der Waals surface area contributed by atoms with Gasteiger partial charge in [-0.3, -0.25) is 0 Å². The van der Waals surface area contributed by atoms with Crippen molar-refractivity contribution in [3.8, 4) is 11.3 Å². The summed E-state index contributed by atoms with van der Waals surface area (Å²) in [4.78, 5) is 12.0. The number of anilines is 2. The first kappa shape index (κ1) is 13.5. The van der Waals surface area contributed by atoms with E-state index in [0.29, 0.717) is 0 Å². The lowest BCUT2D eigenvalue weighted by atomic mass is 10.1. The average molecular weight is 295 g/mol. The number of piperidine rings is 1. The molecule has 5 heteroatoms. The second kappa shape index (κ2) is 5.57. The monoisotopic (exact) mass is 295 g/mol. The quantitative estimate of drug-likeness (QED) is 0.832. The first-order chi connectivity index (χ1) is 10.8. The van der Waals surface area contributed by atoms with Crippen molar-refractivity contribution in [1.82, 2.24) is 15.3 Å². The van der Waals surface area contributed by atoms with Gasteiger partial charge < -0.3 is 16.0 Å². The number of aromatic nitrogens is 2. The van der Waals surface area contributed by atoms with Crippen LogP contribution in [-0.2, 0) is 13.1 Å². The minimum absolute atomic E-state index is 0.781. The Hall–Kier alpha value is -2.14. The maximum absolute atomic E-state index is 5.81. The largest absolute Gasteiger partial charge is 0.399 e. The minimum atomic E-state index is 0.781. The lowest BCUT2D eigenvalue weighted by molar-refractivity contribution is 0.567. The molecular formula is C17H21N5. The summed E-state index contributed by atoms with van der Waals surface area (Å²) < 4.78 is 0. The third kappa shape index (κ3) is 2.41. The summed E-state index contributed by atoms with van der Waals surface area (Å²) in [7, 11) is 0. The summed E-state index contributed by atoms with van der Waals surface area (Å²) in [6, 6.07) is 7.98. The molecule has 0 amide bonds. The van der Waals surface area contributed by atoms with Crippen LogP contribution in [0.4, 0.5) is 11.6 Å². The number of nitrogen functional groups attached to an aromatic ring is 1. The van der Waals surface area contributed by atoms with Crippen molar-refractivity contribution in [2.75, 3.05) is 23.7 Å². The molecule has 2 aromatic rings. The Morgan fingerprint density at radius 1 is 0.955 bits per heavy atom. The summed E-state index contributed by atoms with van der Waals surface area (Å²) in [6.45, 7) is 3.80.